The number of ether oxygens (including phenoxy) is 1. The van der Waals surface area contributed by atoms with Gasteiger partial charge in [0.2, 0.25) is 0 Å². The highest BCUT2D eigenvalue weighted by Crippen LogP contribution is 2.52. The normalized spacial score (nSPS) is 10.8. The molecular weight excluding hydrogens is 490 g/mol. The van der Waals surface area contributed by atoms with E-state index in [4.69, 9.17) is 4.74 Å². The van der Waals surface area contributed by atoms with E-state index in [1.165, 1.54) is 4.90 Å². The van der Waals surface area contributed by atoms with E-state index < -0.39 is 6.09 Å². The van der Waals surface area contributed by atoms with Crippen molar-refractivity contribution in [2.24, 2.45) is 0 Å². The zero-order valence-electron chi connectivity index (χ0n) is 22.5. The summed E-state index contributed by atoms with van der Waals surface area (Å²) in [7, 11) is 3.40. The number of benzene rings is 6. The van der Waals surface area contributed by atoms with E-state index in [0.717, 1.165) is 55.3 Å². The summed E-state index contributed by atoms with van der Waals surface area (Å²) in [6, 6.07) is 47.9. The SMILES string of the molecule is CN(C)C(=O)Oc1cccc2c(-c3ccccc3)c(-c3ccccc3)c(-c3ccccc3)c(-c3ccccc3)c12. The molecule has 40 heavy (non-hydrogen) atoms. The molecule has 6 aromatic rings. The molecule has 0 saturated heterocycles. The minimum absolute atomic E-state index is 0.416. The van der Waals surface area contributed by atoms with E-state index in [-0.39, 0.29) is 0 Å². The molecule has 6 aromatic carbocycles. The third-order valence-electron chi connectivity index (χ3n) is 7.11. The monoisotopic (exact) mass is 519 g/mol. The molecule has 0 aliphatic carbocycles. The zero-order chi connectivity index (χ0) is 27.5. The number of fused-ring (bicyclic) bond motifs is 1. The average Bonchev–Trinajstić information content (AvgIpc) is 3.01. The van der Waals surface area contributed by atoms with Gasteiger partial charge in [0.25, 0.3) is 0 Å². The third kappa shape index (κ3) is 4.63. The van der Waals surface area contributed by atoms with Crippen molar-refractivity contribution in [1.29, 1.82) is 0 Å². The lowest BCUT2D eigenvalue weighted by molar-refractivity contribution is 0.172. The summed E-state index contributed by atoms with van der Waals surface area (Å²) in [5, 5.41) is 1.92. The summed E-state index contributed by atoms with van der Waals surface area (Å²) >= 11 is 0. The Bertz CT molecular complexity index is 1780. The lowest BCUT2D eigenvalue weighted by atomic mass is 9.78. The van der Waals surface area contributed by atoms with E-state index in [9.17, 15) is 4.79 Å². The third-order valence-corrected chi connectivity index (χ3v) is 7.11. The molecule has 0 saturated carbocycles. The van der Waals surface area contributed by atoms with Crippen LogP contribution in [0.4, 0.5) is 4.79 Å². The van der Waals surface area contributed by atoms with Crippen molar-refractivity contribution >= 4 is 16.9 Å². The predicted molar refractivity (Wildman–Crippen MR) is 165 cm³/mol. The second-order valence-electron chi connectivity index (χ2n) is 9.91. The number of amides is 1. The minimum Gasteiger partial charge on any atom is -0.410 e. The molecule has 0 aliphatic rings. The maximum atomic E-state index is 12.9. The molecule has 0 aromatic heterocycles. The van der Waals surface area contributed by atoms with Gasteiger partial charge in [0.15, 0.2) is 0 Å². The van der Waals surface area contributed by atoms with Crippen LogP contribution in [0, 0.1) is 0 Å². The highest BCUT2D eigenvalue weighted by Gasteiger charge is 2.26. The summed E-state index contributed by atoms with van der Waals surface area (Å²) in [6.45, 7) is 0. The number of hydrogen-bond donors (Lipinski definition) is 0. The highest BCUT2D eigenvalue weighted by molar-refractivity contribution is 6.20. The standard InChI is InChI=1S/C37H29NO2/c1-38(2)37(39)40-31-25-15-24-30-32(26-16-7-3-8-17-26)33(27-18-9-4-10-19-27)34(28-20-11-5-12-21-28)35(36(30)31)29-22-13-6-14-23-29/h3-25H,1-2H3. The van der Waals surface area contributed by atoms with Crippen molar-refractivity contribution in [3.05, 3.63) is 140 Å². The molecule has 6 rings (SSSR count). The average molecular weight is 520 g/mol. The van der Waals surface area contributed by atoms with Crippen LogP contribution in [0.15, 0.2) is 140 Å². The van der Waals surface area contributed by atoms with Crippen molar-refractivity contribution in [3.8, 4) is 50.3 Å². The molecule has 3 heteroatoms. The molecule has 0 bridgehead atoms. The van der Waals surface area contributed by atoms with Crippen molar-refractivity contribution < 1.29 is 9.53 Å². The molecule has 0 unspecified atom stereocenters. The Labute approximate surface area is 234 Å². The topological polar surface area (TPSA) is 29.5 Å². The van der Waals surface area contributed by atoms with Gasteiger partial charge in [0.05, 0.1) is 0 Å². The lowest BCUT2D eigenvalue weighted by Crippen LogP contribution is -2.25. The summed E-state index contributed by atoms with van der Waals surface area (Å²) in [4.78, 5) is 14.4. The first-order valence-corrected chi connectivity index (χ1v) is 13.4. The minimum atomic E-state index is -0.416. The van der Waals surface area contributed by atoms with Crippen LogP contribution in [0.25, 0.3) is 55.3 Å². The van der Waals surface area contributed by atoms with Crippen molar-refractivity contribution in [1.82, 2.24) is 4.90 Å². The van der Waals surface area contributed by atoms with Crippen molar-refractivity contribution in [3.63, 3.8) is 0 Å². The van der Waals surface area contributed by atoms with Crippen LogP contribution in [-0.2, 0) is 0 Å². The Morgan fingerprint density at radius 3 is 1.32 bits per heavy atom. The number of nitrogens with zero attached hydrogens (tertiary/aromatic N) is 1. The van der Waals surface area contributed by atoms with Crippen molar-refractivity contribution in [2.45, 2.75) is 0 Å². The van der Waals surface area contributed by atoms with Gasteiger partial charge in [-0.15, -0.1) is 0 Å². The molecule has 3 nitrogen and oxygen atoms in total. The second-order valence-corrected chi connectivity index (χ2v) is 9.91. The molecule has 0 fully saturated rings. The Morgan fingerprint density at radius 2 is 0.875 bits per heavy atom. The fraction of sp³-hybridized carbons (Fsp3) is 0.0541. The maximum absolute atomic E-state index is 12.9. The molecule has 0 heterocycles. The van der Waals surface area contributed by atoms with Crippen LogP contribution >= 0.6 is 0 Å². The molecule has 1 amide bonds. The van der Waals surface area contributed by atoms with E-state index in [0.29, 0.717) is 5.75 Å². The summed E-state index contributed by atoms with van der Waals surface area (Å²) in [5.74, 6) is 0.532. The van der Waals surface area contributed by atoms with Gasteiger partial charge in [-0.1, -0.05) is 133 Å². The predicted octanol–water partition coefficient (Wildman–Crippen LogP) is 9.57. The largest absolute Gasteiger partial charge is 0.414 e. The van der Waals surface area contributed by atoms with Gasteiger partial charge in [0.1, 0.15) is 5.75 Å². The maximum Gasteiger partial charge on any atom is 0.414 e. The van der Waals surface area contributed by atoms with Crippen LogP contribution in [0.3, 0.4) is 0 Å². The molecule has 0 spiro atoms. The quantitative estimate of drug-likeness (QED) is 0.227. The Kier molecular flexibility index (Phi) is 6.86. The van der Waals surface area contributed by atoms with E-state index >= 15 is 0 Å². The van der Waals surface area contributed by atoms with Crippen molar-refractivity contribution in [2.75, 3.05) is 14.1 Å². The first kappa shape index (κ1) is 25.1. The first-order valence-electron chi connectivity index (χ1n) is 13.4. The van der Waals surface area contributed by atoms with Crippen LogP contribution < -0.4 is 4.74 Å². The van der Waals surface area contributed by atoms with Crippen LogP contribution in [-0.4, -0.2) is 25.1 Å². The molecule has 0 atom stereocenters. The number of hydrogen-bond acceptors (Lipinski definition) is 2. The summed E-state index contributed by atoms with van der Waals surface area (Å²) in [6.07, 6.45) is -0.416. The number of carbonyl (C=O) groups excluding carboxylic acids is 1. The fourth-order valence-electron chi connectivity index (χ4n) is 5.36. The van der Waals surface area contributed by atoms with Crippen LogP contribution in [0.2, 0.25) is 0 Å². The highest BCUT2D eigenvalue weighted by atomic mass is 16.6. The molecule has 194 valence electrons. The van der Waals surface area contributed by atoms with Gasteiger partial charge in [0, 0.05) is 25.0 Å². The van der Waals surface area contributed by atoms with E-state index in [2.05, 4.69) is 103 Å². The molecule has 0 N–H and O–H groups in total. The number of rotatable bonds is 5. The summed E-state index contributed by atoms with van der Waals surface area (Å²) in [5.41, 5.74) is 8.72. The van der Waals surface area contributed by atoms with Gasteiger partial charge < -0.3 is 9.64 Å². The molecule has 0 radical (unpaired) electrons. The fourth-order valence-corrected chi connectivity index (χ4v) is 5.36. The number of carbonyl (C=O) groups is 1. The smallest absolute Gasteiger partial charge is 0.410 e. The molecule has 0 aliphatic heterocycles. The van der Waals surface area contributed by atoms with E-state index in [1.807, 2.05) is 36.4 Å². The Morgan fingerprint density at radius 1 is 0.475 bits per heavy atom. The Balaban J connectivity index is 1.89. The van der Waals surface area contributed by atoms with Gasteiger partial charge >= 0.3 is 6.09 Å². The van der Waals surface area contributed by atoms with Gasteiger partial charge in [-0.3, -0.25) is 0 Å². The summed E-state index contributed by atoms with van der Waals surface area (Å²) < 4.78 is 6.07. The van der Waals surface area contributed by atoms with Crippen LogP contribution in [0.1, 0.15) is 0 Å². The van der Waals surface area contributed by atoms with Crippen LogP contribution in [0.5, 0.6) is 5.75 Å². The Hall–Kier alpha value is -5.15. The second kappa shape index (κ2) is 10.9. The zero-order valence-corrected chi connectivity index (χ0v) is 22.5. The van der Waals surface area contributed by atoms with Gasteiger partial charge in [-0.2, -0.15) is 0 Å². The lowest BCUT2D eigenvalue weighted by Gasteiger charge is -2.25. The van der Waals surface area contributed by atoms with Gasteiger partial charge in [-0.05, 0) is 50.4 Å². The first-order chi connectivity index (χ1) is 19.6. The molecular formula is C37H29NO2. The van der Waals surface area contributed by atoms with Gasteiger partial charge in [-0.25, -0.2) is 4.79 Å². The van der Waals surface area contributed by atoms with E-state index in [1.54, 1.807) is 14.1 Å².